The Balaban J connectivity index is 1.93. The molecule has 0 atom stereocenters. The molecule has 0 fully saturated rings. The monoisotopic (exact) mass is 473 g/mol. The number of fused-ring (bicyclic) bond motifs is 1. The van der Waals surface area contributed by atoms with Crippen LogP contribution in [0, 0.1) is 0 Å². The Morgan fingerprint density at radius 1 is 1.12 bits per heavy atom. The van der Waals surface area contributed by atoms with Crippen molar-refractivity contribution in [3.8, 4) is 22.8 Å². The topological polar surface area (TPSA) is 108 Å². The minimum atomic E-state index is -3.49. The molecule has 166 valence electrons. The maximum Gasteiger partial charge on any atom is 0.261 e. The number of pyridine rings is 2. The van der Waals surface area contributed by atoms with Crippen molar-refractivity contribution in [2.24, 2.45) is 14.1 Å². The molecule has 0 aliphatic heterocycles. The number of sulfonamides is 1. The Kier molecular flexibility index (Phi) is 5.66. The van der Waals surface area contributed by atoms with Gasteiger partial charge in [0.15, 0.2) is 0 Å². The van der Waals surface area contributed by atoms with Gasteiger partial charge in [-0.3, -0.25) is 14.2 Å². The second-order valence-corrected chi connectivity index (χ2v) is 9.60. The number of nitrogens with one attached hydrogen (secondary N) is 1. The van der Waals surface area contributed by atoms with Crippen LogP contribution >= 0.6 is 11.6 Å². The summed E-state index contributed by atoms with van der Waals surface area (Å²) in [5.41, 5.74) is 1.78. The van der Waals surface area contributed by atoms with Gasteiger partial charge in [0.05, 0.1) is 16.2 Å². The third-order valence-corrected chi connectivity index (χ3v) is 6.33. The molecule has 0 saturated heterocycles. The summed E-state index contributed by atoms with van der Waals surface area (Å²) >= 11 is 5.91. The van der Waals surface area contributed by atoms with Crippen LogP contribution in [0.2, 0.25) is 5.02 Å². The van der Waals surface area contributed by atoms with Crippen LogP contribution in [0.5, 0.6) is 11.6 Å². The van der Waals surface area contributed by atoms with Crippen LogP contribution < -0.4 is 15.0 Å². The molecule has 0 amide bonds. The number of nitrogens with zero attached hydrogens (tertiary/aromatic N) is 4. The average molecular weight is 474 g/mol. The van der Waals surface area contributed by atoms with Crippen LogP contribution in [-0.4, -0.2) is 33.5 Å². The van der Waals surface area contributed by atoms with Gasteiger partial charge < -0.3 is 9.30 Å². The fraction of sp³-hybridized carbons (Fsp3) is 0.190. The molecule has 0 unspecified atom stereocenters. The van der Waals surface area contributed by atoms with Crippen LogP contribution in [0.4, 0.5) is 5.69 Å². The second-order valence-electron chi connectivity index (χ2n) is 7.16. The van der Waals surface area contributed by atoms with E-state index in [2.05, 4.69) is 14.8 Å². The van der Waals surface area contributed by atoms with Crippen molar-refractivity contribution in [1.29, 1.82) is 0 Å². The van der Waals surface area contributed by atoms with E-state index < -0.39 is 10.0 Å². The number of hydrogen-bond donors (Lipinski definition) is 1. The minimum absolute atomic E-state index is 0.0698. The average Bonchev–Trinajstić information content (AvgIpc) is 3.15. The van der Waals surface area contributed by atoms with E-state index >= 15 is 0 Å². The molecule has 1 aromatic carbocycles. The third kappa shape index (κ3) is 4.32. The Hall–Kier alpha value is -3.37. The van der Waals surface area contributed by atoms with Gasteiger partial charge in [-0.15, -0.1) is 0 Å². The lowest BCUT2D eigenvalue weighted by atomic mass is 10.0. The van der Waals surface area contributed by atoms with Crippen LogP contribution in [0.3, 0.4) is 0 Å². The number of rotatable bonds is 6. The quantitative estimate of drug-likeness (QED) is 0.459. The van der Waals surface area contributed by atoms with Gasteiger partial charge in [0.1, 0.15) is 11.3 Å². The first-order valence-electron chi connectivity index (χ1n) is 9.64. The number of anilines is 1. The first-order valence-corrected chi connectivity index (χ1v) is 11.7. The maximum atomic E-state index is 12.6. The third-order valence-electron chi connectivity index (χ3n) is 4.80. The molecule has 4 aromatic rings. The summed E-state index contributed by atoms with van der Waals surface area (Å²) in [6, 6.07) is 8.15. The van der Waals surface area contributed by atoms with Crippen molar-refractivity contribution < 1.29 is 13.2 Å². The van der Waals surface area contributed by atoms with Crippen molar-refractivity contribution in [2.45, 2.75) is 6.92 Å². The first-order chi connectivity index (χ1) is 15.2. The summed E-state index contributed by atoms with van der Waals surface area (Å²) < 4.78 is 35.8. The molecule has 4 rings (SSSR count). The lowest BCUT2D eigenvalue weighted by molar-refractivity contribution is 0.465. The van der Waals surface area contributed by atoms with Gasteiger partial charge in [-0.2, -0.15) is 5.10 Å². The van der Waals surface area contributed by atoms with Crippen LogP contribution in [0.1, 0.15) is 6.92 Å². The highest BCUT2D eigenvalue weighted by Gasteiger charge is 2.18. The fourth-order valence-corrected chi connectivity index (χ4v) is 3.97. The summed E-state index contributed by atoms with van der Waals surface area (Å²) in [6.07, 6.45) is 4.75. The van der Waals surface area contributed by atoms with Gasteiger partial charge in [0.2, 0.25) is 15.9 Å². The molecule has 1 N–H and O–H groups in total. The molecule has 32 heavy (non-hydrogen) atoms. The molecular formula is C21H20ClN5O4S. The minimum Gasteiger partial charge on any atom is -0.438 e. The van der Waals surface area contributed by atoms with Gasteiger partial charge >= 0.3 is 0 Å². The number of aryl methyl sites for hydroxylation is 2. The number of aromatic nitrogens is 4. The predicted octanol–water partition coefficient (Wildman–Crippen LogP) is 3.54. The Labute approximate surface area is 189 Å². The number of benzene rings is 1. The highest BCUT2D eigenvalue weighted by atomic mass is 35.5. The lowest BCUT2D eigenvalue weighted by Crippen LogP contribution is -2.16. The van der Waals surface area contributed by atoms with E-state index in [0.717, 1.165) is 0 Å². The number of halogens is 1. The number of hydrogen-bond acceptors (Lipinski definition) is 6. The standard InChI is InChI=1S/C21H20ClN5O4S/c1-4-32(29,30)25-14-6-7-18(31-19-8-5-13(22)10-23-19)15(9-14)16-11-26(2)21(28)17-12-27(3)24-20(16)17/h5-12,25H,4H2,1-3H3. The number of ether oxygens (including phenoxy) is 1. The summed E-state index contributed by atoms with van der Waals surface area (Å²) in [4.78, 5) is 16.8. The summed E-state index contributed by atoms with van der Waals surface area (Å²) in [6.45, 7) is 1.55. The Bertz CT molecular complexity index is 1480. The van der Waals surface area contributed by atoms with Crippen molar-refractivity contribution in [2.75, 3.05) is 10.5 Å². The van der Waals surface area contributed by atoms with E-state index in [4.69, 9.17) is 16.3 Å². The summed E-state index contributed by atoms with van der Waals surface area (Å²) in [5, 5.41) is 5.35. The van der Waals surface area contributed by atoms with E-state index in [1.165, 1.54) is 10.8 Å². The predicted molar refractivity (Wildman–Crippen MR) is 124 cm³/mol. The molecule has 3 aromatic heterocycles. The highest BCUT2D eigenvalue weighted by Crippen LogP contribution is 2.37. The van der Waals surface area contributed by atoms with Crippen LogP contribution in [-0.2, 0) is 24.1 Å². The SMILES string of the molecule is CCS(=O)(=O)Nc1ccc(Oc2ccc(Cl)cn2)c(-c2cn(C)c(=O)c3cn(C)nc23)c1. The van der Waals surface area contributed by atoms with Crippen molar-refractivity contribution in [1.82, 2.24) is 19.3 Å². The molecule has 9 nitrogen and oxygen atoms in total. The summed E-state index contributed by atoms with van der Waals surface area (Å²) in [7, 11) is -0.126. The summed E-state index contributed by atoms with van der Waals surface area (Å²) in [5.74, 6) is 0.643. The van der Waals surface area contributed by atoms with E-state index in [1.54, 1.807) is 68.4 Å². The van der Waals surface area contributed by atoms with E-state index in [1.807, 2.05) is 0 Å². The Morgan fingerprint density at radius 2 is 1.91 bits per heavy atom. The van der Waals surface area contributed by atoms with E-state index in [9.17, 15) is 13.2 Å². The van der Waals surface area contributed by atoms with Gasteiger partial charge in [0.25, 0.3) is 5.56 Å². The molecule has 0 aliphatic carbocycles. The van der Waals surface area contributed by atoms with Crippen LogP contribution in [0.15, 0.2) is 53.7 Å². The van der Waals surface area contributed by atoms with Crippen molar-refractivity contribution in [3.63, 3.8) is 0 Å². The molecule has 11 heteroatoms. The smallest absolute Gasteiger partial charge is 0.261 e. The zero-order valence-electron chi connectivity index (χ0n) is 17.5. The molecule has 0 aliphatic rings. The largest absolute Gasteiger partial charge is 0.438 e. The molecule has 0 radical (unpaired) electrons. The van der Waals surface area contributed by atoms with Gasteiger partial charge in [0, 0.05) is 55.6 Å². The van der Waals surface area contributed by atoms with Crippen molar-refractivity contribution >= 4 is 38.2 Å². The van der Waals surface area contributed by atoms with E-state index in [0.29, 0.717) is 44.4 Å². The Morgan fingerprint density at radius 3 is 2.59 bits per heavy atom. The molecule has 3 heterocycles. The first kappa shape index (κ1) is 21.8. The fourth-order valence-electron chi connectivity index (χ4n) is 3.22. The zero-order chi connectivity index (χ0) is 23.0. The second kappa shape index (κ2) is 8.29. The van der Waals surface area contributed by atoms with Crippen molar-refractivity contribution in [3.05, 3.63) is 64.3 Å². The molecule has 0 saturated carbocycles. The molecule has 0 bridgehead atoms. The molecule has 0 spiro atoms. The highest BCUT2D eigenvalue weighted by molar-refractivity contribution is 7.92. The van der Waals surface area contributed by atoms with Gasteiger partial charge in [-0.05, 0) is 31.2 Å². The normalized spacial score (nSPS) is 11.6. The van der Waals surface area contributed by atoms with Gasteiger partial charge in [-0.25, -0.2) is 13.4 Å². The lowest BCUT2D eigenvalue weighted by Gasteiger charge is -2.15. The molecular weight excluding hydrogens is 454 g/mol. The zero-order valence-corrected chi connectivity index (χ0v) is 19.1. The van der Waals surface area contributed by atoms with E-state index in [-0.39, 0.29) is 11.3 Å². The maximum absolute atomic E-state index is 12.6. The van der Waals surface area contributed by atoms with Gasteiger partial charge in [-0.1, -0.05) is 11.6 Å². The van der Waals surface area contributed by atoms with Crippen LogP contribution in [0.25, 0.3) is 22.0 Å².